The number of aryl methyl sites for hydroxylation is 1. The Balaban J connectivity index is 2.02. The van der Waals surface area contributed by atoms with Crippen molar-refractivity contribution in [2.24, 2.45) is 0 Å². The number of likely N-dealkylation sites (N-methyl/N-ethyl adjacent to an activating group) is 1. The second-order valence-corrected chi connectivity index (χ2v) is 6.69. The van der Waals surface area contributed by atoms with Gasteiger partial charge < -0.3 is 19.5 Å². The molecule has 1 amide bonds. The van der Waals surface area contributed by atoms with Crippen LogP contribution in [0.5, 0.6) is 11.5 Å². The number of carbonyl (C=O) groups is 2. The van der Waals surface area contributed by atoms with E-state index < -0.39 is 12.0 Å². The molecule has 2 N–H and O–H groups in total. The lowest BCUT2D eigenvalue weighted by molar-refractivity contribution is -0.143. The summed E-state index contributed by atoms with van der Waals surface area (Å²) in [7, 11) is 4.42. The zero-order chi connectivity index (χ0) is 21.4. The van der Waals surface area contributed by atoms with Crippen LogP contribution in [0.2, 0.25) is 0 Å². The number of amides is 1. The third-order valence-electron chi connectivity index (χ3n) is 4.71. The van der Waals surface area contributed by atoms with Gasteiger partial charge in [0.05, 0.1) is 20.8 Å². The number of carbonyl (C=O) groups excluding carboxylic acids is 2. The molecular weight excluding hydrogens is 372 g/mol. The van der Waals surface area contributed by atoms with Crippen molar-refractivity contribution in [1.82, 2.24) is 10.2 Å². The quantitative estimate of drug-likeness (QED) is 0.629. The smallest absolute Gasteiger partial charge is 0.327 e. The second-order valence-electron chi connectivity index (χ2n) is 6.69. The van der Waals surface area contributed by atoms with Gasteiger partial charge >= 0.3 is 5.97 Å². The van der Waals surface area contributed by atoms with Crippen LogP contribution in [0.3, 0.4) is 0 Å². The van der Waals surface area contributed by atoms with Crippen LogP contribution in [-0.2, 0) is 27.3 Å². The van der Waals surface area contributed by atoms with Gasteiger partial charge in [0.15, 0.2) is 11.5 Å². The lowest BCUT2D eigenvalue weighted by Gasteiger charge is -2.21. The summed E-state index contributed by atoms with van der Waals surface area (Å²) in [6, 6.07) is 11.8. The van der Waals surface area contributed by atoms with E-state index in [9.17, 15) is 14.7 Å². The summed E-state index contributed by atoms with van der Waals surface area (Å²) < 4.78 is 9.85. The van der Waals surface area contributed by atoms with Crippen LogP contribution >= 0.6 is 0 Å². The van der Waals surface area contributed by atoms with Crippen molar-refractivity contribution in [1.29, 1.82) is 0 Å². The van der Waals surface area contributed by atoms with Gasteiger partial charge in [0, 0.05) is 13.6 Å². The largest absolute Gasteiger partial charge is 0.504 e. The molecule has 29 heavy (non-hydrogen) atoms. The molecule has 0 fully saturated rings. The number of rotatable bonds is 9. The number of methoxy groups -OCH3 is 2. The fourth-order valence-corrected chi connectivity index (χ4v) is 2.91. The summed E-state index contributed by atoms with van der Waals surface area (Å²) in [6.45, 7) is 2.50. The molecule has 2 aromatic carbocycles. The van der Waals surface area contributed by atoms with Crippen LogP contribution in [0, 0.1) is 0 Å². The first-order valence-electron chi connectivity index (χ1n) is 9.39. The maximum atomic E-state index is 12.5. The second kappa shape index (κ2) is 10.5. The first-order chi connectivity index (χ1) is 13.9. The number of hydrogen-bond donors (Lipinski definition) is 2. The molecule has 1 unspecified atom stereocenters. The van der Waals surface area contributed by atoms with Crippen LogP contribution in [0.15, 0.2) is 42.5 Å². The fourth-order valence-electron chi connectivity index (χ4n) is 2.91. The van der Waals surface area contributed by atoms with E-state index in [1.165, 1.54) is 25.8 Å². The van der Waals surface area contributed by atoms with Gasteiger partial charge in [-0.25, -0.2) is 4.79 Å². The molecule has 0 bridgehead atoms. The molecule has 0 spiro atoms. The minimum Gasteiger partial charge on any atom is -0.504 e. The Kier molecular flexibility index (Phi) is 8.03. The molecule has 0 saturated heterocycles. The molecule has 0 saturated carbocycles. The highest BCUT2D eigenvalue weighted by molar-refractivity contribution is 5.81. The Morgan fingerprint density at radius 1 is 1.10 bits per heavy atom. The summed E-state index contributed by atoms with van der Waals surface area (Å²) >= 11 is 0. The first-order valence-corrected chi connectivity index (χ1v) is 9.39. The van der Waals surface area contributed by atoms with Gasteiger partial charge in [-0.3, -0.25) is 10.1 Å². The predicted molar refractivity (Wildman–Crippen MR) is 110 cm³/mol. The van der Waals surface area contributed by atoms with E-state index in [2.05, 4.69) is 24.4 Å². The third kappa shape index (κ3) is 5.96. The van der Waals surface area contributed by atoms with Gasteiger partial charge in [-0.1, -0.05) is 37.3 Å². The number of nitrogens with zero attached hydrogens (tertiary/aromatic N) is 1. The highest BCUT2D eigenvalue weighted by Gasteiger charge is 2.24. The van der Waals surface area contributed by atoms with E-state index in [4.69, 9.17) is 9.47 Å². The van der Waals surface area contributed by atoms with Crippen molar-refractivity contribution in [3.8, 4) is 11.5 Å². The SMILES string of the molecule is CCc1ccc(CN(C)C(=O)CNC(C(=O)OC)c2ccc(OC)c(O)c2)cc1. The van der Waals surface area contributed by atoms with Gasteiger partial charge in [0.2, 0.25) is 5.91 Å². The molecule has 2 rings (SSSR count). The Morgan fingerprint density at radius 3 is 2.31 bits per heavy atom. The molecule has 0 radical (unpaired) electrons. The van der Waals surface area contributed by atoms with Gasteiger partial charge in [0.25, 0.3) is 0 Å². The average Bonchev–Trinajstić information content (AvgIpc) is 2.74. The summed E-state index contributed by atoms with van der Waals surface area (Å²) in [5, 5.41) is 12.9. The summed E-state index contributed by atoms with van der Waals surface area (Å²) in [5.74, 6) is -0.529. The molecule has 7 nitrogen and oxygen atoms in total. The van der Waals surface area contributed by atoms with Crippen molar-refractivity contribution in [3.63, 3.8) is 0 Å². The van der Waals surface area contributed by atoms with Gasteiger partial charge in [0.1, 0.15) is 6.04 Å². The normalized spacial score (nSPS) is 11.6. The van der Waals surface area contributed by atoms with Crippen LogP contribution in [0.25, 0.3) is 0 Å². The molecule has 0 aliphatic heterocycles. The average molecular weight is 400 g/mol. The minimum absolute atomic E-state index is 0.0594. The van der Waals surface area contributed by atoms with E-state index in [0.29, 0.717) is 17.9 Å². The monoisotopic (exact) mass is 400 g/mol. The molecule has 2 aromatic rings. The number of benzene rings is 2. The molecular formula is C22H28N2O5. The lowest BCUT2D eigenvalue weighted by Crippen LogP contribution is -2.39. The van der Waals surface area contributed by atoms with Crippen molar-refractivity contribution in [3.05, 3.63) is 59.2 Å². The van der Waals surface area contributed by atoms with Crippen molar-refractivity contribution in [2.45, 2.75) is 25.9 Å². The van der Waals surface area contributed by atoms with Crippen molar-refractivity contribution in [2.75, 3.05) is 27.8 Å². The molecule has 0 aliphatic rings. The Bertz CT molecular complexity index is 836. The number of ether oxygens (including phenoxy) is 2. The lowest BCUT2D eigenvalue weighted by atomic mass is 10.1. The number of hydrogen-bond acceptors (Lipinski definition) is 6. The zero-order valence-electron chi connectivity index (χ0n) is 17.3. The fraction of sp³-hybridized carbons (Fsp3) is 0.364. The predicted octanol–water partition coefficient (Wildman–Crippen LogP) is 2.43. The minimum atomic E-state index is -0.891. The highest BCUT2D eigenvalue weighted by Crippen LogP contribution is 2.29. The topological polar surface area (TPSA) is 88.1 Å². The van der Waals surface area contributed by atoms with Crippen molar-refractivity contribution < 1.29 is 24.2 Å². The van der Waals surface area contributed by atoms with Crippen LogP contribution in [-0.4, -0.2) is 49.7 Å². The van der Waals surface area contributed by atoms with Crippen LogP contribution in [0.1, 0.15) is 29.7 Å². The Labute approximate surface area is 171 Å². The maximum absolute atomic E-state index is 12.5. The van der Waals surface area contributed by atoms with Gasteiger partial charge in [-0.2, -0.15) is 0 Å². The molecule has 7 heteroatoms. The summed E-state index contributed by atoms with van der Waals surface area (Å²) in [5.41, 5.74) is 2.75. The van der Waals surface area contributed by atoms with Crippen molar-refractivity contribution >= 4 is 11.9 Å². The molecule has 1 atom stereocenters. The highest BCUT2D eigenvalue weighted by atomic mass is 16.5. The maximum Gasteiger partial charge on any atom is 0.327 e. The van der Waals surface area contributed by atoms with Crippen LogP contribution < -0.4 is 10.1 Å². The molecule has 156 valence electrons. The van der Waals surface area contributed by atoms with E-state index in [1.807, 2.05) is 12.1 Å². The molecule has 0 aliphatic carbocycles. The summed E-state index contributed by atoms with van der Waals surface area (Å²) in [6.07, 6.45) is 0.967. The van der Waals surface area contributed by atoms with Gasteiger partial charge in [-0.15, -0.1) is 0 Å². The number of phenolic OH excluding ortho intramolecular Hbond substituents is 1. The number of aromatic hydroxyl groups is 1. The van der Waals surface area contributed by atoms with E-state index >= 15 is 0 Å². The third-order valence-corrected chi connectivity index (χ3v) is 4.71. The van der Waals surface area contributed by atoms with E-state index in [-0.39, 0.29) is 18.2 Å². The number of phenols is 1. The van der Waals surface area contributed by atoms with E-state index in [0.717, 1.165) is 12.0 Å². The zero-order valence-corrected chi connectivity index (χ0v) is 17.3. The summed E-state index contributed by atoms with van der Waals surface area (Å²) in [4.78, 5) is 26.3. The molecule has 0 aromatic heterocycles. The van der Waals surface area contributed by atoms with Crippen LogP contribution in [0.4, 0.5) is 0 Å². The van der Waals surface area contributed by atoms with E-state index in [1.54, 1.807) is 24.1 Å². The molecule has 0 heterocycles. The first kappa shape index (κ1) is 22.2. The Hall–Kier alpha value is -3.06. The number of esters is 1. The Morgan fingerprint density at radius 2 is 1.76 bits per heavy atom. The number of nitrogens with one attached hydrogen (secondary N) is 1. The standard InChI is InChI=1S/C22H28N2O5/c1-5-15-6-8-16(9-7-15)14-24(2)20(26)13-23-21(22(27)29-4)17-10-11-19(28-3)18(25)12-17/h6-12,21,23,25H,5,13-14H2,1-4H3. The van der Waals surface area contributed by atoms with Gasteiger partial charge in [-0.05, 0) is 35.2 Å².